The minimum Gasteiger partial charge on any atom is -0.339 e. The number of rotatable bonds is 5. The van der Waals surface area contributed by atoms with Crippen LogP contribution in [0.15, 0.2) is 4.52 Å². The lowest BCUT2D eigenvalue weighted by Gasteiger charge is -2.15. The van der Waals surface area contributed by atoms with E-state index in [2.05, 4.69) is 37.8 Å². The van der Waals surface area contributed by atoms with Crippen molar-refractivity contribution in [2.75, 3.05) is 0 Å². The number of nitrogens with two attached hydrogens (primary N) is 1. The summed E-state index contributed by atoms with van der Waals surface area (Å²) in [7, 11) is 0. The van der Waals surface area contributed by atoms with E-state index in [0.717, 1.165) is 18.7 Å². The van der Waals surface area contributed by atoms with Gasteiger partial charge in [-0.2, -0.15) is 4.98 Å². The average Bonchev–Trinajstić information content (AvgIpc) is 2.66. The SMILES string of the molecule is CCC(N)Cc1noc(C(C)(C)CC)n1. The summed E-state index contributed by atoms with van der Waals surface area (Å²) in [5.74, 6) is 1.43. The van der Waals surface area contributed by atoms with Gasteiger partial charge in [0.25, 0.3) is 0 Å². The van der Waals surface area contributed by atoms with Crippen LogP contribution in [0.1, 0.15) is 52.3 Å². The van der Waals surface area contributed by atoms with Crippen LogP contribution in [0.3, 0.4) is 0 Å². The van der Waals surface area contributed by atoms with E-state index in [1.165, 1.54) is 0 Å². The molecule has 0 radical (unpaired) electrons. The molecule has 0 amide bonds. The molecule has 0 aromatic carbocycles. The standard InChI is InChI=1S/C11H21N3O/c1-5-8(12)7-9-13-10(15-14-9)11(3,4)6-2/h8H,5-7,12H2,1-4H3. The van der Waals surface area contributed by atoms with Gasteiger partial charge < -0.3 is 10.3 Å². The van der Waals surface area contributed by atoms with Crippen LogP contribution in [0, 0.1) is 0 Å². The van der Waals surface area contributed by atoms with E-state index in [9.17, 15) is 0 Å². The highest BCUT2D eigenvalue weighted by atomic mass is 16.5. The molecular formula is C11H21N3O. The molecule has 0 aliphatic rings. The molecule has 0 bridgehead atoms. The number of nitrogens with zero attached hydrogens (tertiary/aromatic N) is 2. The molecular weight excluding hydrogens is 190 g/mol. The van der Waals surface area contributed by atoms with Gasteiger partial charge in [-0.1, -0.05) is 32.9 Å². The third-order valence-electron chi connectivity index (χ3n) is 2.90. The molecule has 1 heterocycles. The molecule has 0 saturated heterocycles. The molecule has 1 aromatic rings. The Balaban J connectivity index is 2.72. The maximum Gasteiger partial charge on any atom is 0.232 e. The minimum absolute atomic E-state index is 0.0401. The minimum atomic E-state index is -0.0401. The summed E-state index contributed by atoms with van der Waals surface area (Å²) in [5.41, 5.74) is 5.79. The van der Waals surface area contributed by atoms with E-state index in [1.54, 1.807) is 0 Å². The molecule has 4 heteroatoms. The molecule has 1 atom stereocenters. The summed E-state index contributed by atoms with van der Waals surface area (Å²) in [6.07, 6.45) is 2.61. The van der Waals surface area contributed by atoms with E-state index in [-0.39, 0.29) is 11.5 Å². The largest absolute Gasteiger partial charge is 0.339 e. The number of aromatic nitrogens is 2. The van der Waals surface area contributed by atoms with Gasteiger partial charge in [0, 0.05) is 17.9 Å². The van der Waals surface area contributed by atoms with E-state index >= 15 is 0 Å². The Morgan fingerprint density at radius 3 is 2.60 bits per heavy atom. The second kappa shape index (κ2) is 4.75. The fourth-order valence-electron chi connectivity index (χ4n) is 1.14. The summed E-state index contributed by atoms with van der Waals surface area (Å²) in [5, 5.41) is 3.95. The molecule has 15 heavy (non-hydrogen) atoms. The quantitative estimate of drug-likeness (QED) is 0.809. The Bertz CT molecular complexity index is 307. The Hall–Kier alpha value is -0.900. The van der Waals surface area contributed by atoms with Crippen molar-refractivity contribution in [3.8, 4) is 0 Å². The van der Waals surface area contributed by atoms with Crippen LogP contribution in [-0.4, -0.2) is 16.2 Å². The summed E-state index contributed by atoms with van der Waals surface area (Å²) in [6, 6.07) is 0.125. The Morgan fingerprint density at radius 1 is 1.40 bits per heavy atom. The van der Waals surface area contributed by atoms with Crippen molar-refractivity contribution in [1.82, 2.24) is 10.1 Å². The van der Waals surface area contributed by atoms with E-state index in [0.29, 0.717) is 12.3 Å². The summed E-state index contributed by atoms with van der Waals surface area (Å²) in [4.78, 5) is 4.38. The zero-order valence-electron chi connectivity index (χ0n) is 10.1. The predicted octanol–water partition coefficient (Wildman–Crippen LogP) is 2.04. The maximum absolute atomic E-state index is 5.83. The van der Waals surface area contributed by atoms with Gasteiger partial charge in [-0.3, -0.25) is 0 Å². The topological polar surface area (TPSA) is 64.9 Å². The van der Waals surface area contributed by atoms with Crippen LogP contribution in [0.5, 0.6) is 0 Å². The fraction of sp³-hybridized carbons (Fsp3) is 0.818. The first-order valence-corrected chi connectivity index (χ1v) is 5.58. The predicted molar refractivity (Wildman–Crippen MR) is 59.6 cm³/mol. The van der Waals surface area contributed by atoms with Crippen LogP contribution >= 0.6 is 0 Å². The van der Waals surface area contributed by atoms with Crippen molar-refractivity contribution in [2.24, 2.45) is 5.73 Å². The van der Waals surface area contributed by atoms with Crippen LogP contribution in [-0.2, 0) is 11.8 Å². The fourth-order valence-corrected chi connectivity index (χ4v) is 1.14. The third kappa shape index (κ3) is 3.02. The molecule has 0 aliphatic heterocycles. The third-order valence-corrected chi connectivity index (χ3v) is 2.90. The van der Waals surface area contributed by atoms with E-state index < -0.39 is 0 Å². The lowest BCUT2D eigenvalue weighted by atomic mass is 9.90. The van der Waals surface area contributed by atoms with Gasteiger partial charge in [0.15, 0.2) is 5.82 Å². The highest BCUT2D eigenvalue weighted by molar-refractivity contribution is 5.00. The highest BCUT2D eigenvalue weighted by Gasteiger charge is 2.25. The smallest absolute Gasteiger partial charge is 0.232 e. The summed E-state index contributed by atoms with van der Waals surface area (Å²) < 4.78 is 5.25. The van der Waals surface area contributed by atoms with E-state index in [1.807, 2.05) is 0 Å². The van der Waals surface area contributed by atoms with Crippen molar-refractivity contribution >= 4 is 0 Å². The molecule has 1 unspecified atom stereocenters. The zero-order chi connectivity index (χ0) is 11.5. The molecule has 86 valence electrons. The first-order chi connectivity index (χ1) is 6.99. The monoisotopic (exact) mass is 211 g/mol. The van der Waals surface area contributed by atoms with Crippen LogP contribution in [0.25, 0.3) is 0 Å². The van der Waals surface area contributed by atoms with Gasteiger partial charge in [0.2, 0.25) is 5.89 Å². The van der Waals surface area contributed by atoms with Gasteiger partial charge >= 0.3 is 0 Å². The van der Waals surface area contributed by atoms with Crippen LogP contribution < -0.4 is 5.73 Å². The van der Waals surface area contributed by atoms with Gasteiger partial charge in [0.05, 0.1) is 0 Å². The van der Waals surface area contributed by atoms with Crippen molar-refractivity contribution in [3.05, 3.63) is 11.7 Å². The first kappa shape index (κ1) is 12.2. The first-order valence-electron chi connectivity index (χ1n) is 5.58. The molecule has 0 aliphatic carbocycles. The molecule has 0 fully saturated rings. The molecule has 2 N–H and O–H groups in total. The summed E-state index contributed by atoms with van der Waals surface area (Å²) >= 11 is 0. The van der Waals surface area contributed by atoms with Crippen molar-refractivity contribution in [2.45, 2.75) is 58.4 Å². The second-order valence-corrected chi connectivity index (χ2v) is 4.63. The number of hydrogen-bond donors (Lipinski definition) is 1. The van der Waals surface area contributed by atoms with E-state index in [4.69, 9.17) is 10.3 Å². The van der Waals surface area contributed by atoms with Crippen molar-refractivity contribution in [1.29, 1.82) is 0 Å². The highest BCUT2D eigenvalue weighted by Crippen LogP contribution is 2.24. The van der Waals surface area contributed by atoms with Gasteiger partial charge in [0.1, 0.15) is 0 Å². The van der Waals surface area contributed by atoms with Gasteiger partial charge in [-0.05, 0) is 12.8 Å². The molecule has 1 aromatic heterocycles. The Morgan fingerprint density at radius 2 is 2.07 bits per heavy atom. The lowest BCUT2D eigenvalue weighted by Crippen LogP contribution is -2.22. The summed E-state index contributed by atoms with van der Waals surface area (Å²) in [6.45, 7) is 8.37. The molecule has 1 rings (SSSR count). The lowest BCUT2D eigenvalue weighted by molar-refractivity contribution is 0.299. The normalized spacial score (nSPS) is 14.2. The number of hydrogen-bond acceptors (Lipinski definition) is 4. The average molecular weight is 211 g/mol. The maximum atomic E-state index is 5.83. The zero-order valence-corrected chi connectivity index (χ0v) is 10.1. The van der Waals surface area contributed by atoms with Crippen LogP contribution in [0.4, 0.5) is 0 Å². The Kier molecular flexibility index (Phi) is 3.85. The Labute approximate surface area is 91.2 Å². The van der Waals surface area contributed by atoms with Gasteiger partial charge in [-0.15, -0.1) is 0 Å². The van der Waals surface area contributed by atoms with Crippen molar-refractivity contribution < 1.29 is 4.52 Å². The molecule has 4 nitrogen and oxygen atoms in total. The van der Waals surface area contributed by atoms with Crippen molar-refractivity contribution in [3.63, 3.8) is 0 Å². The van der Waals surface area contributed by atoms with Crippen LogP contribution in [0.2, 0.25) is 0 Å². The van der Waals surface area contributed by atoms with Gasteiger partial charge in [-0.25, -0.2) is 0 Å². The second-order valence-electron chi connectivity index (χ2n) is 4.63. The molecule has 0 saturated carbocycles. The molecule has 0 spiro atoms.